The smallest absolute Gasteiger partial charge is 0.251 e. The van der Waals surface area contributed by atoms with Gasteiger partial charge in [0.15, 0.2) is 0 Å². The van der Waals surface area contributed by atoms with Gasteiger partial charge in [-0.3, -0.25) is 4.79 Å². The van der Waals surface area contributed by atoms with Gasteiger partial charge in [0.05, 0.1) is 0 Å². The van der Waals surface area contributed by atoms with Crippen LogP contribution in [0.25, 0.3) is 0 Å². The minimum absolute atomic E-state index is 0. The highest BCUT2D eigenvalue weighted by molar-refractivity contribution is 9.10. The van der Waals surface area contributed by atoms with Gasteiger partial charge in [-0.25, -0.2) is 4.39 Å². The maximum Gasteiger partial charge on any atom is 0.251 e. The average Bonchev–Trinajstić information content (AvgIpc) is 2.32. The molecule has 1 aliphatic rings. The minimum atomic E-state index is -0.414. The fourth-order valence-corrected chi connectivity index (χ4v) is 2.99. The van der Waals surface area contributed by atoms with Gasteiger partial charge in [0, 0.05) is 22.1 Å². The molecule has 3 atom stereocenters. The molecule has 2 N–H and O–H groups in total. The van der Waals surface area contributed by atoms with Gasteiger partial charge in [0.2, 0.25) is 0 Å². The van der Waals surface area contributed by atoms with Gasteiger partial charge in [-0.2, -0.15) is 0 Å². The Bertz CT molecular complexity index is 456. The summed E-state index contributed by atoms with van der Waals surface area (Å²) in [6.07, 6.45) is 1.03. The summed E-state index contributed by atoms with van der Waals surface area (Å²) in [6, 6.07) is 4.52. The van der Waals surface area contributed by atoms with Crippen molar-refractivity contribution in [1.82, 2.24) is 10.6 Å². The number of amides is 1. The Morgan fingerprint density at radius 1 is 1.40 bits per heavy atom. The summed E-state index contributed by atoms with van der Waals surface area (Å²) in [4.78, 5) is 12.2. The first-order chi connectivity index (χ1) is 8.97. The lowest BCUT2D eigenvalue weighted by molar-refractivity contribution is 0.0897. The first-order valence-electron chi connectivity index (χ1n) is 6.47. The van der Waals surface area contributed by atoms with Crippen molar-refractivity contribution in [3.63, 3.8) is 0 Å². The normalized spacial score (nSPS) is 25.7. The molecule has 0 bridgehead atoms. The van der Waals surface area contributed by atoms with Crippen LogP contribution in [0.1, 0.15) is 30.6 Å². The summed E-state index contributed by atoms with van der Waals surface area (Å²) < 4.78 is 13.9. The van der Waals surface area contributed by atoms with E-state index in [4.69, 9.17) is 0 Å². The molecule has 1 aliphatic heterocycles. The van der Waals surface area contributed by atoms with Crippen molar-refractivity contribution in [2.75, 3.05) is 6.54 Å². The summed E-state index contributed by atoms with van der Waals surface area (Å²) in [5, 5.41) is 6.34. The van der Waals surface area contributed by atoms with Crippen molar-refractivity contribution < 1.29 is 9.18 Å². The molecule has 6 heteroatoms. The number of hydrogen-bond donors (Lipinski definition) is 2. The van der Waals surface area contributed by atoms with Gasteiger partial charge in [-0.1, -0.05) is 22.9 Å². The van der Waals surface area contributed by atoms with Gasteiger partial charge < -0.3 is 10.6 Å². The summed E-state index contributed by atoms with van der Waals surface area (Å²) in [5.74, 6) is -0.229. The number of halogens is 3. The van der Waals surface area contributed by atoms with E-state index >= 15 is 0 Å². The first-order valence-corrected chi connectivity index (χ1v) is 7.27. The Hall–Kier alpha value is -0.650. The lowest BCUT2D eigenvalue weighted by Crippen LogP contribution is -2.55. The van der Waals surface area contributed by atoms with E-state index in [1.54, 1.807) is 6.07 Å². The third-order valence-electron chi connectivity index (χ3n) is 3.64. The van der Waals surface area contributed by atoms with Crippen molar-refractivity contribution in [2.45, 2.75) is 32.4 Å². The van der Waals surface area contributed by atoms with Crippen molar-refractivity contribution in [2.24, 2.45) is 5.92 Å². The van der Waals surface area contributed by atoms with Crippen LogP contribution in [-0.2, 0) is 0 Å². The maximum absolute atomic E-state index is 13.3. The van der Waals surface area contributed by atoms with E-state index in [2.05, 4.69) is 40.4 Å². The Morgan fingerprint density at radius 2 is 2.10 bits per heavy atom. The second-order valence-electron chi connectivity index (χ2n) is 5.17. The van der Waals surface area contributed by atoms with Gasteiger partial charge in [-0.05, 0) is 44.0 Å². The lowest BCUT2D eigenvalue weighted by Gasteiger charge is -2.36. The van der Waals surface area contributed by atoms with Crippen LogP contribution in [0, 0.1) is 11.7 Å². The Morgan fingerprint density at radius 3 is 2.70 bits per heavy atom. The molecular weight excluding hydrogens is 347 g/mol. The highest BCUT2D eigenvalue weighted by Gasteiger charge is 2.28. The van der Waals surface area contributed by atoms with Crippen LogP contribution in [0.3, 0.4) is 0 Å². The van der Waals surface area contributed by atoms with Crippen LogP contribution >= 0.6 is 28.3 Å². The topological polar surface area (TPSA) is 41.1 Å². The lowest BCUT2D eigenvalue weighted by atomic mass is 9.89. The molecule has 1 amide bonds. The molecule has 1 aromatic carbocycles. The number of rotatable bonds is 2. The SMILES string of the molecule is CC1CCNC(C)C1NC(=O)c1cc(F)cc(Br)c1.Cl. The van der Waals surface area contributed by atoms with Gasteiger partial charge >= 0.3 is 0 Å². The van der Waals surface area contributed by atoms with E-state index in [0.717, 1.165) is 13.0 Å². The van der Waals surface area contributed by atoms with Crippen LogP contribution in [-0.4, -0.2) is 24.5 Å². The molecule has 0 saturated carbocycles. The quantitative estimate of drug-likeness (QED) is 0.845. The third-order valence-corrected chi connectivity index (χ3v) is 4.10. The summed E-state index contributed by atoms with van der Waals surface area (Å²) in [5.41, 5.74) is 0.344. The molecule has 2 rings (SSSR count). The molecule has 0 radical (unpaired) electrons. The largest absolute Gasteiger partial charge is 0.347 e. The second-order valence-corrected chi connectivity index (χ2v) is 6.08. The van der Waals surface area contributed by atoms with Crippen LogP contribution < -0.4 is 10.6 Å². The van der Waals surface area contributed by atoms with Crippen LogP contribution in [0.15, 0.2) is 22.7 Å². The Labute approximate surface area is 133 Å². The first kappa shape index (κ1) is 17.4. The van der Waals surface area contributed by atoms with E-state index in [-0.39, 0.29) is 30.4 Å². The van der Waals surface area contributed by atoms with Crippen LogP contribution in [0.2, 0.25) is 0 Å². The summed E-state index contributed by atoms with van der Waals surface area (Å²) >= 11 is 3.20. The Balaban J connectivity index is 0.00000200. The zero-order valence-corrected chi connectivity index (χ0v) is 13.9. The molecule has 0 aromatic heterocycles. The number of benzene rings is 1. The fourth-order valence-electron chi connectivity index (χ4n) is 2.52. The molecule has 3 nitrogen and oxygen atoms in total. The van der Waals surface area contributed by atoms with E-state index in [0.29, 0.717) is 16.0 Å². The molecule has 0 spiro atoms. The summed E-state index contributed by atoms with van der Waals surface area (Å²) in [7, 11) is 0. The second kappa shape index (κ2) is 7.38. The van der Waals surface area contributed by atoms with Crippen molar-refractivity contribution in [3.05, 3.63) is 34.1 Å². The molecule has 1 saturated heterocycles. The van der Waals surface area contributed by atoms with E-state index in [1.807, 2.05) is 0 Å². The van der Waals surface area contributed by atoms with Gasteiger partial charge in [0.1, 0.15) is 5.82 Å². The highest BCUT2D eigenvalue weighted by Crippen LogP contribution is 2.18. The molecule has 3 unspecified atom stereocenters. The molecule has 1 heterocycles. The molecule has 112 valence electrons. The zero-order valence-electron chi connectivity index (χ0n) is 11.5. The zero-order chi connectivity index (χ0) is 14.0. The van der Waals surface area contributed by atoms with Crippen molar-refractivity contribution >= 4 is 34.2 Å². The van der Waals surface area contributed by atoms with Gasteiger partial charge in [0.25, 0.3) is 5.91 Å². The summed E-state index contributed by atoms with van der Waals surface area (Å²) in [6.45, 7) is 5.16. The number of hydrogen-bond acceptors (Lipinski definition) is 2. The highest BCUT2D eigenvalue weighted by atomic mass is 79.9. The predicted octanol–water partition coefficient (Wildman–Crippen LogP) is 3.13. The predicted molar refractivity (Wildman–Crippen MR) is 83.8 cm³/mol. The fraction of sp³-hybridized carbons (Fsp3) is 0.500. The minimum Gasteiger partial charge on any atom is -0.347 e. The molecule has 1 aromatic rings. The third kappa shape index (κ3) is 4.17. The number of nitrogens with one attached hydrogen (secondary N) is 2. The van der Waals surface area contributed by atoms with E-state index in [9.17, 15) is 9.18 Å². The van der Waals surface area contributed by atoms with E-state index in [1.165, 1.54) is 12.1 Å². The number of carbonyl (C=O) groups is 1. The van der Waals surface area contributed by atoms with Gasteiger partial charge in [-0.15, -0.1) is 12.4 Å². The molecule has 20 heavy (non-hydrogen) atoms. The van der Waals surface area contributed by atoms with Crippen LogP contribution in [0.4, 0.5) is 4.39 Å². The maximum atomic E-state index is 13.3. The average molecular weight is 366 g/mol. The Kier molecular flexibility index (Phi) is 6.43. The van der Waals surface area contributed by atoms with E-state index < -0.39 is 5.82 Å². The monoisotopic (exact) mass is 364 g/mol. The number of piperidine rings is 1. The molecule has 1 fully saturated rings. The standard InChI is InChI=1S/C14H18BrFN2O.ClH/c1-8-3-4-17-9(2)13(8)18-14(19)10-5-11(15)7-12(16)6-10;/h5-9,13,17H,3-4H2,1-2H3,(H,18,19);1H. The molecular formula is C14H19BrClFN2O. The van der Waals surface area contributed by atoms with Crippen molar-refractivity contribution in [1.29, 1.82) is 0 Å². The molecule has 0 aliphatic carbocycles. The van der Waals surface area contributed by atoms with Crippen LogP contribution in [0.5, 0.6) is 0 Å². The van der Waals surface area contributed by atoms with Crippen molar-refractivity contribution in [3.8, 4) is 0 Å². The number of carbonyl (C=O) groups excluding carboxylic acids is 1.